The summed E-state index contributed by atoms with van der Waals surface area (Å²) in [4.78, 5) is 22.6. The lowest BCUT2D eigenvalue weighted by molar-refractivity contribution is -0.121. The van der Waals surface area contributed by atoms with Gasteiger partial charge in [0.2, 0.25) is 5.91 Å². The molecule has 1 aromatic carbocycles. The molecule has 1 aliphatic heterocycles. The molecular weight excluding hydrogens is 328 g/mol. The number of rotatable bonds is 8. The van der Waals surface area contributed by atoms with Crippen LogP contribution in [0.2, 0.25) is 0 Å². The zero-order chi connectivity index (χ0) is 18.4. The lowest BCUT2D eigenvalue weighted by Crippen LogP contribution is -2.49. The molecule has 2 N–H and O–H groups in total. The molecular formula is C20H30N4O2. The highest BCUT2D eigenvalue weighted by Crippen LogP contribution is 2.14. The fourth-order valence-electron chi connectivity index (χ4n) is 3.52. The van der Waals surface area contributed by atoms with Crippen molar-refractivity contribution in [3.05, 3.63) is 30.1 Å². The molecule has 1 atom stereocenters. The van der Waals surface area contributed by atoms with Gasteiger partial charge in [-0.25, -0.2) is 4.98 Å². The van der Waals surface area contributed by atoms with Gasteiger partial charge in [0, 0.05) is 38.5 Å². The quantitative estimate of drug-likeness (QED) is 0.760. The predicted octanol–water partition coefficient (Wildman–Crippen LogP) is 2.36. The minimum Gasteiger partial charge on any atom is -0.379 e. The van der Waals surface area contributed by atoms with Crippen LogP contribution in [0.1, 0.15) is 32.5 Å². The van der Waals surface area contributed by atoms with Gasteiger partial charge in [0.1, 0.15) is 5.82 Å². The second-order valence-corrected chi connectivity index (χ2v) is 7.44. The zero-order valence-corrected chi connectivity index (χ0v) is 15.8. The van der Waals surface area contributed by atoms with Crippen molar-refractivity contribution in [1.29, 1.82) is 0 Å². The first-order valence-corrected chi connectivity index (χ1v) is 9.64. The Bertz CT molecular complexity index is 674. The van der Waals surface area contributed by atoms with Gasteiger partial charge in [0.25, 0.3) is 0 Å². The number of carbonyl (C=O) groups is 1. The standard InChI is InChI=1S/C20H30N4O2/c1-15(2)13-16(24-9-11-26-12-10-24)14-21-20(25)8-7-19-22-17-5-3-4-6-18(17)23-19/h3-6,15-16H,7-14H2,1-2H3,(H,21,25)(H,22,23). The minimum atomic E-state index is 0.0903. The molecule has 1 fully saturated rings. The van der Waals surface area contributed by atoms with Gasteiger partial charge < -0.3 is 15.0 Å². The summed E-state index contributed by atoms with van der Waals surface area (Å²) >= 11 is 0. The second kappa shape index (κ2) is 9.14. The van der Waals surface area contributed by atoms with Crippen LogP contribution in [0.5, 0.6) is 0 Å². The molecule has 0 saturated carbocycles. The number of hydrogen-bond acceptors (Lipinski definition) is 4. The van der Waals surface area contributed by atoms with Gasteiger partial charge in [-0.15, -0.1) is 0 Å². The lowest BCUT2D eigenvalue weighted by atomic mass is 10.0. The van der Waals surface area contributed by atoms with E-state index in [1.54, 1.807) is 0 Å². The number of nitrogens with zero attached hydrogens (tertiary/aromatic N) is 2. The third-order valence-electron chi connectivity index (χ3n) is 4.87. The number of ether oxygens (including phenoxy) is 1. The summed E-state index contributed by atoms with van der Waals surface area (Å²) in [5, 5.41) is 3.13. The number of nitrogens with one attached hydrogen (secondary N) is 2. The molecule has 2 aromatic rings. The molecule has 1 amide bonds. The molecule has 2 heterocycles. The van der Waals surface area contributed by atoms with Gasteiger partial charge in [-0.2, -0.15) is 0 Å². The van der Waals surface area contributed by atoms with Gasteiger partial charge in [0.05, 0.1) is 24.2 Å². The van der Waals surface area contributed by atoms with Crippen molar-refractivity contribution in [2.75, 3.05) is 32.8 Å². The molecule has 1 aliphatic rings. The number of fused-ring (bicyclic) bond motifs is 1. The Labute approximate surface area is 155 Å². The summed E-state index contributed by atoms with van der Waals surface area (Å²) in [6.07, 6.45) is 2.17. The molecule has 1 aromatic heterocycles. The van der Waals surface area contributed by atoms with Crippen molar-refractivity contribution in [2.24, 2.45) is 5.92 Å². The topological polar surface area (TPSA) is 70.2 Å². The van der Waals surface area contributed by atoms with E-state index < -0.39 is 0 Å². The summed E-state index contributed by atoms with van der Waals surface area (Å²) in [7, 11) is 0. The molecule has 0 spiro atoms. The van der Waals surface area contributed by atoms with Crippen molar-refractivity contribution in [2.45, 2.75) is 39.2 Å². The van der Waals surface area contributed by atoms with E-state index in [-0.39, 0.29) is 5.91 Å². The second-order valence-electron chi connectivity index (χ2n) is 7.44. The van der Waals surface area contributed by atoms with Crippen molar-refractivity contribution in [1.82, 2.24) is 20.2 Å². The number of aryl methyl sites for hydroxylation is 1. The maximum atomic E-state index is 12.3. The maximum Gasteiger partial charge on any atom is 0.220 e. The van der Waals surface area contributed by atoms with Crippen LogP contribution in [0.25, 0.3) is 11.0 Å². The third kappa shape index (κ3) is 5.29. The fraction of sp³-hybridized carbons (Fsp3) is 0.600. The molecule has 0 bridgehead atoms. The highest BCUT2D eigenvalue weighted by molar-refractivity contribution is 5.77. The Morgan fingerprint density at radius 3 is 2.81 bits per heavy atom. The number of carbonyl (C=O) groups excluding carboxylic acids is 1. The van der Waals surface area contributed by atoms with Crippen LogP contribution in [0.4, 0.5) is 0 Å². The summed E-state index contributed by atoms with van der Waals surface area (Å²) in [6, 6.07) is 8.32. The summed E-state index contributed by atoms with van der Waals surface area (Å²) in [5.74, 6) is 1.57. The molecule has 0 radical (unpaired) electrons. The number of hydrogen-bond donors (Lipinski definition) is 2. The van der Waals surface area contributed by atoms with Gasteiger partial charge >= 0.3 is 0 Å². The normalized spacial score (nSPS) is 16.9. The van der Waals surface area contributed by atoms with Gasteiger partial charge in [0.15, 0.2) is 0 Å². The number of H-pyrrole nitrogens is 1. The monoisotopic (exact) mass is 358 g/mol. The fourth-order valence-corrected chi connectivity index (χ4v) is 3.52. The van der Waals surface area contributed by atoms with Crippen LogP contribution in [0, 0.1) is 5.92 Å². The van der Waals surface area contributed by atoms with Crippen molar-refractivity contribution < 1.29 is 9.53 Å². The van der Waals surface area contributed by atoms with E-state index in [0.29, 0.717) is 31.3 Å². The Balaban J connectivity index is 1.47. The van der Waals surface area contributed by atoms with Crippen molar-refractivity contribution in [3.8, 4) is 0 Å². The van der Waals surface area contributed by atoms with E-state index in [1.165, 1.54) is 0 Å². The molecule has 6 nitrogen and oxygen atoms in total. The smallest absolute Gasteiger partial charge is 0.220 e. The predicted molar refractivity (Wildman–Crippen MR) is 103 cm³/mol. The zero-order valence-electron chi connectivity index (χ0n) is 15.8. The van der Waals surface area contributed by atoms with Gasteiger partial charge in [-0.1, -0.05) is 26.0 Å². The van der Waals surface area contributed by atoms with Crippen molar-refractivity contribution in [3.63, 3.8) is 0 Å². The maximum absolute atomic E-state index is 12.3. The van der Waals surface area contributed by atoms with E-state index in [4.69, 9.17) is 4.74 Å². The van der Waals surface area contributed by atoms with E-state index in [1.807, 2.05) is 24.3 Å². The number of amides is 1. The Kier molecular flexibility index (Phi) is 6.63. The van der Waals surface area contributed by atoms with Crippen LogP contribution >= 0.6 is 0 Å². The number of aromatic nitrogens is 2. The summed E-state index contributed by atoms with van der Waals surface area (Å²) in [6.45, 7) is 8.65. The number of aromatic amines is 1. The number of benzene rings is 1. The first-order chi connectivity index (χ1) is 12.6. The highest BCUT2D eigenvalue weighted by Gasteiger charge is 2.22. The summed E-state index contributed by atoms with van der Waals surface area (Å²) < 4.78 is 5.45. The molecule has 1 unspecified atom stereocenters. The number of morpholine rings is 1. The van der Waals surface area contributed by atoms with Crippen LogP contribution in [0.15, 0.2) is 24.3 Å². The van der Waals surface area contributed by atoms with Crippen LogP contribution in [0.3, 0.4) is 0 Å². The van der Waals surface area contributed by atoms with E-state index in [2.05, 4.69) is 34.0 Å². The lowest BCUT2D eigenvalue weighted by Gasteiger charge is -2.35. The SMILES string of the molecule is CC(C)CC(CNC(=O)CCc1nc2ccccc2[nH]1)N1CCOCC1. The number of imidazole rings is 1. The Morgan fingerprint density at radius 2 is 2.08 bits per heavy atom. The molecule has 1 saturated heterocycles. The van der Waals surface area contributed by atoms with Gasteiger partial charge in [-0.3, -0.25) is 9.69 Å². The Morgan fingerprint density at radius 1 is 1.31 bits per heavy atom. The first-order valence-electron chi connectivity index (χ1n) is 9.64. The van der Waals surface area contributed by atoms with E-state index in [9.17, 15) is 4.79 Å². The molecule has 3 rings (SSSR count). The van der Waals surface area contributed by atoms with E-state index >= 15 is 0 Å². The molecule has 6 heteroatoms. The third-order valence-corrected chi connectivity index (χ3v) is 4.87. The molecule has 26 heavy (non-hydrogen) atoms. The average Bonchev–Trinajstić information content (AvgIpc) is 3.07. The Hall–Kier alpha value is -1.92. The minimum absolute atomic E-state index is 0.0903. The van der Waals surface area contributed by atoms with Crippen molar-refractivity contribution >= 4 is 16.9 Å². The first kappa shape index (κ1) is 18.9. The van der Waals surface area contributed by atoms with E-state index in [0.717, 1.165) is 49.6 Å². The average molecular weight is 358 g/mol. The molecule has 0 aliphatic carbocycles. The van der Waals surface area contributed by atoms with Crippen LogP contribution in [-0.4, -0.2) is 59.7 Å². The largest absolute Gasteiger partial charge is 0.379 e. The number of para-hydroxylation sites is 2. The van der Waals surface area contributed by atoms with Crippen LogP contribution < -0.4 is 5.32 Å². The molecule has 142 valence electrons. The summed E-state index contributed by atoms with van der Waals surface area (Å²) in [5.41, 5.74) is 1.97. The van der Waals surface area contributed by atoms with Gasteiger partial charge in [-0.05, 0) is 24.5 Å². The van der Waals surface area contributed by atoms with Crippen LogP contribution in [-0.2, 0) is 16.0 Å². The highest BCUT2D eigenvalue weighted by atomic mass is 16.5.